The normalized spacial score (nSPS) is 11.7. The Morgan fingerprint density at radius 3 is 1.69 bits per heavy atom. The molecule has 2 heterocycles. The summed E-state index contributed by atoms with van der Waals surface area (Å²) in [5.74, 6) is 0. The Hall–Kier alpha value is -8.66. The van der Waals surface area contributed by atoms with Gasteiger partial charge in [0.25, 0.3) is 0 Å². The summed E-state index contributed by atoms with van der Waals surface area (Å²) in [6.07, 6.45) is 0. The van der Waals surface area contributed by atoms with Crippen LogP contribution in [-0.2, 0) is 0 Å². The Labute approximate surface area is 376 Å². The molecule has 0 bridgehead atoms. The van der Waals surface area contributed by atoms with E-state index in [9.17, 15) is 0 Å². The molecule has 0 spiro atoms. The maximum Gasteiger partial charge on any atom is 0.143 e. The number of fused-ring (bicyclic) bond motifs is 8. The minimum absolute atomic E-state index is 0.895. The Bertz CT molecular complexity index is 3950. The molecule has 13 rings (SSSR count). The van der Waals surface area contributed by atoms with E-state index in [2.05, 4.69) is 246 Å². The van der Waals surface area contributed by atoms with Crippen LogP contribution in [-0.4, -0.2) is 4.57 Å². The van der Waals surface area contributed by atoms with Crippen LogP contribution in [0.25, 0.3) is 104 Å². The number of aromatic nitrogens is 1. The van der Waals surface area contributed by atoms with Gasteiger partial charge in [-0.15, -0.1) is 0 Å². The molecule has 13 aromatic rings. The summed E-state index contributed by atoms with van der Waals surface area (Å²) in [6.45, 7) is 0. The summed E-state index contributed by atoms with van der Waals surface area (Å²) in [5.41, 5.74) is 15.5. The fourth-order valence-electron chi connectivity index (χ4n) is 9.99. The van der Waals surface area contributed by atoms with Crippen LogP contribution in [0, 0.1) is 0 Å². The molecular formula is C62H40N2O. The molecule has 0 fully saturated rings. The fourth-order valence-corrected chi connectivity index (χ4v) is 9.99. The highest BCUT2D eigenvalue weighted by Crippen LogP contribution is 2.43. The number of anilines is 3. The Kier molecular flexibility index (Phi) is 8.53. The van der Waals surface area contributed by atoms with Crippen molar-refractivity contribution in [2.24, 2.45) is 0 Å². The summed E-state index contributed by atoms with van der Waals surface area (Å²) in [4.78, 5) is 2.35. The lowest BCUT2D eigenvalue weighted by Gasteiger charge is -2.26. The van der Waals surface area contributed by atoms with E-state index in [1.165, 1.54) is 43.4 Å². The Morgan fingerprint density at radius 1 is 0.308 bits per heavy atom. The van der Waals surface area contributed by atoms with Gasteiger partial charge < -0.3 is 13.9 Å². The van der Waals surface area contributed by atoms with Crippen LogP contribution in [0.4, 0.5) is 17.1 Å². The van der Waals surface area contributed by atoms with Gasteiger partial charge in [-0.1, -0.05) is 146 Å². The van der Waals surface area contributed by atoms with Gasteiger partial charge in [0.1, 0.15) is 11.2 Å². The molecule has 0 amide bonds. The van der Waals surface area contributed by atoms with Crippen LogP contribution in [0.1, 0.15) is 0 Å². The van der Waals surface area contributed by atoms with Gasteiger partial charge in [-0.25, -0.2) is 0 Å². The molecular weight excluding hydrogens is 789 g/mol. The monoisotopic (exact) mass is 828 g/mol. The number of furan rings is 1. The van der Waals surface area contributed by atoms with Crippen molar-refractivity contribution in [1.29, 1.82) is 0 Å². The third-order valence-corrected chi connectivity index (χ3v) is 13.1. The molecule has 0 aliphatic carbocycles. The second-order valence-electron chi connectivity index (χ2n) is 16.9. The van der Waals surface area contributed by atoms with Crippen molar-refractivity contribution in [1.82, 2.24) is 4.57 Å². The SMILES string of the molecule is c1ccc(N(c2ccc3ccccc3c2)c2ccc3cc(-c4cc(-c5ccc6c(c5)c5ccccc5n6-c5ccccc5)cc(-c5cccc6c5oc5ccccc56)c4)ccc3c2)cc1. The number of benzene rings is 11. The van der Waals surface area contributed by atoms with Crippen LogP contribution in [0.3, 0.4) is 0 Å². The summed E-state index contributed by atoms with van der Waals surface area (Å²) >= 11 is 0. The quantitative estimate of drug-likeness (QED) is 0.160. The van der Waals surface area contributed by atoms with Crippen LogP contribution in [0.15, 0.2) is 247 Å². The maximum absolute atomic E-state index is 6.65. The predicted octanol–water partition coefficient (Wildman–Crippen LogP) is 17.5. The first-order valence-corrected chi connectivity index (χ1v) is 22.2. The van der Waals surface area contributed by atoms with E-state index in [4.69, 9.17) is 4.42 Å². The lowest BCUT2D eigenvalue weighted by Crippen LogP contribution is -2.09. The first-order chi connectivity index (χ1) is 32.2. The minimum Gasteiger partial charge on any atom is -0.455 e. The van der Waals surface area contributed by atoms with Crippen LogP contribution < -0.4 is 4.90 Å². The molecule has 3 heteroatoms. The zero-order valence-corrected chi connectivity index (χ0v) is 35.4. The zero-order valence-electron chi connectivity index (χ0n) is 35.4. The predicted molar refractivity (Wildman–Crippen MR) is 274 cm³/mol. The zero-order chi connectivity index (χ0) is 42.8. The fraction of sp³-hybridized carbons (Fsp3) is 0. The Balaban J connectivity index is 0.969. The standard InChI is InChI=1S/C62H40N2O/c1-3-16-50(17-4-1)63(52-31-28-41-14-7-8-15-42(41)38-52)53-32-29-43-34-44(26-27-45(43)39-53)47-35-48(37-49(36-47)54-22-13-23-57-56-21-10-12-25-61(56)65-62(54)57)46-30-33-60-58(40-46)55-20-9-11-24-59(55)64(60)51-18-5-2-6-19-51/h1-40H. The topological polar surface area (TPSA) is 21.3 Å². The smallest absolute Gasteiger partial charge is 0.143 e. The highest BCUT2D eigenvalue weighted by atomic mass is 16.3. The lowest BCUT2D eigenvalue weighted by molar-refractivity contribution is 0.670. The third-order valence-electron chi connectivity index (χ3n) is 13.1. The lowest BCUT2D eigenvalue weighted by atomic mass is 9.91. The van der Waals surface area contributed by atoms with Crippen molar-refractivity contribution >= 4 is 82.4 Å². The maximum atomic E-state index is 6.65. The van der Waals surface area contributed by atoms with Crippen molar-refractivity contribution in [3.8, 4) is 39.1 Å². The van der Waals surface area contributed by atoms with E-state index in [-0.39, 0.29) is 0 Å². The van der Waals surface area contributed by atoms with E-state index in [0.717, 1.165) is 78.1 Å². The van der Waals surface area contributed by atoms with E-state index in [0.29, 0.717) is 0 Å². The number of hydrogen-bond donors (Lipinski definition) is 0. The van der Waals surface area contributed by atoms with Crippen molar-refractivity contribution in [2.75, 3.05) is 4.90 Å². The van der Waals surface area contributed by atoms with Gasteiger partial charge in [-0.05, 0) is 146 Å². The van der Waals surface area contributed by atoms with E-state index >= 15 is 0 Å². The van der Waals surface area contributed by atoms with Crippen LogP contribution >= 0.6 is 0 Å². The molecule has 0 atom stereocenters. The molecule has 304 valence electrons. The second-order valence-corrected chi connectivity index (χ2v) is 16.9. The first-order valence-electron chi connectivity index (χ1n) is 22.2. The number of nitrogens with zero attached hydrogens (tertiary/aromatic N) is 2. The summed E-state index contributed by atoms with van der Waals surface area (Å²) in [6, 6.07) is 87.8. The molecule has 0 saturated heterocycles. The Morgan fingerprint density at radius 2 is 0.877 bits per heavy atom. The van der Waals surface area contributed by atoms with E-state index in [1.54, 1.807) is 0 Å². The van der Waals surface area contributed by atoms with E-state index < -0.39 is 0 Å². The average Bonchev–Trinajstić information content (AvgIpc) is 3.92. The summed E-state index contributed by atoms with van der Waals surface area (Å²) in [5, 5.41) is 9.51. The van der Waals surface area contributed by atoms with Crippen molar-refractivity contribution in [3.63, 3.8) is 0 Å². The summed E-state index contributed by atoms with van der Waals surface area (Å²) < 4.78 is 9.02. The van der Waals surface area contributed by atoms with Gasteiger partial charge in [0, 0.05) is 49.9 Å². The van der Waals surface area contributed by atoms with Gasteiger partial charge in [0.2, 0.25) is 0 Å². The molecule has 3 nitrogen and oxygen atoms in total. The van der Waals surface area contributed by atoms with Crippen molar-refractivity contribution in [2.45, 2.75) is 0 Å². The minimum atomic E-state index is 0.895. The van der Waals surface area contributed by atoms with Gasteiger partial charge in [-0.2, -0.15) is 0 Å². The van der Waals surface area contributed by atoms with Gasteiger partial charge in [0.05, 0.1) is 11.0 Å². The van der Waals surface area contributed by atoms with Gasteiger partial charge in [-0.3, -0.25) is 0 Å². The third kappa shape index (κ3) is 6.28. The van der Waals surface area contributed by atoms with Gasteiger partial charge >= 0.3 is 0 Å². The van der Waals surface area contributed by atoms with Crippen molar-refractivity contribution < 1.29 is 4.42 Å². The molecule has 11 aromatic carbocycles. The number of hydrogen-bond acceptors (Lipinski definition) is 2. The second kappa shape index (κ2) is 15.0. The molecule has 0 aliphatic heterocycles. The number of para-hydroxylation sites is 5. The molecule has 0 aliphatic rings. The average molecular weight is 829 g/mol. The van der Waals surface area contributed by atoms with E-state index in [1.807, 2.05) is 6.07 Å². The molecule has 0 saturated carbocycles. The van der Waals surface area contributed by atoms with Gasteiger partial charge in [0.15, 0.2) is 0 Å². The highest BCUT2D eigenvalue weighted by Gasteiger charge is 2.18. The molecule has 0 N–H and O–H groups in total. The molecule has 0 radical (unpaired) electrons. The van der Waals surface area contributed by atoms with Crippen molar-refractivity contribution in [3.05, 3.63) is 243 Å². The number of rotatable bonds is 7. The molecule has 2 aromatic heterocycles. The summed E-state index contributed by atoms with van der Waals surface area (Å²) in [7, 11) is 0. The molecule has 0 unspecified atom stereocenters. The van der Waals surface area contributed by atoms with Crippen LogP contribution in [0.2, 0.25) is 0 Å². The highest BCUT2D eigenvalue weighted by molar-refractivity contribution is 6.12. The molecule has 65 heavy (non-hydrogen) atoms. The largest absolute Gasteiger partial charge is 0.455 e. The first kappa shape index (κ1) is 36.9. The van der Waals surface area contributed by atoms with Crippen LogP contribution in [0.5, 0.6) is 0 Å².